The van der Waals surface area contributed by atoms with E-state index in [2.05, 4.69) is 5.32 Å². The summed E-state index contributed by atoms with van der Waals surface area (Å²) in [6.45, 7) is 3.49. The van der Waals surface area contributed by atoms with Gasteiger partial charge < -0.3 is 10.1 Å². The van der Waals surface area contributed by atoms with Crippen LogP contribution in [0.3, 0.4) is 0 Å². The Balaban J connectivity index is 1.83. The first-order valence-corrected chi connectivity index (χ1v) is 9.74. The van der Waals surface area contributed by atoms with Crippen LogP contribution in [0, 0.1) is 0 Å². The number of rotatable bonds is 7. The number of carbonyl (C=O) groups is 3. The first-order valence-electron chi connectivity index (χ1n) is 9.74. The highest BCUT2D eigenvalue weighted by molar-refractivity contribution is 6.00. The summed E-state index contributed by atoms with van der Waals surface area (Å²) in [5.41, 5.74) is 2.97. The van der Waals surface area contributed by atoms with Crippen LogP contribution in [-0.4, -0.2) is 17.7 Å². The molecule has 5 nitrogen and oxygen atoms in total. The van der Waals surface area contributed by atoms with Crippen LogP contribution in [0.1, 0.15) is 51.8 Å². The number of hydrogen-bond acceptors (Lipinski definition) is 4. The maximum Gasteiger partial charge on any atom is 0.339 e. The molecule has 0 radical (unpaired) electrons. The molecule has 152 valence electrons. The third-order valence-corrected chi connectivity index (χ3v) is 4.70. The van der Waals surface area contributed by atoms with Crippen molar-refractivity contribution in [1.29, 1.82) is 0 Å². The number of aryl methyl sites for hydroxylation is 1. The third-order valence-electron chi connectivity index (χ3n) is 4.70. The average Bonchev–Trinajstić information content (AvgIpc) is 2.78. The van der Waals surface area contributed by atoms with Gasteiger partial charge in [0.15, 0.2) is 5.78 Å². The smallest absolute Gasteiger partial charge is 0.339 e. The van der Waals surface area contributed by atoms with E-state index in [-0.39, 0.29) is 5.78 Å². The van der Waals surface area contributed by atoms with Crippen LogP contribution in [0.2, 0.25) is 0 Å². The van der Waals surface area contributed by atoms with Gasteiger partial charge in [-0.05, 0) is 43.2 Å². The number of hydrogen-bond donors (Lipinski definition) is 1. The summed E-state index contributed by atoms with van der Waals surface area (Å²) in [5.74, 6) is -1.19. The van der Waals surface area contributed by atoms with Gasteiger partial charge in [0.1, 0.15) is 0 Å². The standard InChI is InChI=1S/C25H23NO4/c1-3-18-12-14-20(15-13-18)25(29)30-23(19-8-5-4-6-9-19)24(28)26-22-11-7-10-21(16-22)17(2)27/h4-16,23H,3H2,1-2H3,(H,26,28)/t23-/m0/s1. The van der Waals surface area contributed by atoms with Gasteiger partial charge in [-0.1, -0.05) is 61.5 Å². The summed E-state index contributed by atoms with van der Waals surface area (Å²) in [5, 5.41) is 2.74. The summed E-state index contributed by atoms with van der Waals surface area (Å²) < 4.78 is 5.59. The second-order valence-electron chi connectivity index (χ2n) is 6.87. The molecular weight excluding hydrogens is 378 g/mol. The fraction of sp³-hybridized carbons (Fsp3) is 0.160. The average molecular weight is 401 g/mol. The van der Waals surface area contributed by atoms with Gasteiger partial charge in [0, 0.05) is 16.8 Å². The number of carbonyl (C=O) groups excluding carboxylic acids is 3. The maximum absolute atomic E-state index is 13.0. The van der Waals surface area contributed by atoms with Crippen molar-refractivity contribution in [2.75, 3.05) is 5.32 Å². The van der Waals surface area contributed by atoms with Crippen LogP contribution in [0.5, 0.6) is 0 Å². The van der Waals surface area contributed by atoms with E-state index in [4.69, 9.17) is 4.74 Å². The molecule has 0 aliphatic carbocycles. The number of esters is 1. The van der Waals surface area contributed by atoms with Gasteiger partial charge >= 0.3 is 5.97 Å². The molecule has 0 saturated heterocycles. The highest BCUT2D eigenvalue weighted by Gasteiger charge is 2.26. The quantitative estimate of drug-likeness (QED) is 0.447. The zero-order chi connectivity index (χ0) is 21.5. The molecule has 3 aromatic rings. The monoisotopic (exact) mass is 401 g/mol. The predicted molar refractivity (Wildman–Crippen MR) is 115 cm³/mol. The molecule has 1 atom stereocenters. The molecule has 0 aromatic heterocycles. The molecule has 0 spiro atoms. The van der Waals surface area contributed by atoms with Crippen molar-refractivity contribution in [3.63, 3.8) is 0 Å². The first-order chi connectivity index (χ1) is 14.5. The third kappa shape index (κ3) is 5.20. The lowest BCUT2D eigenvalue weighted by Gasteiger charge is -2.18. The normalized spacial score (nSPS) is 11.4. The second-order valence-corrected chi connectivity index (χ2v) is 6.87. The van der Waals surface area contributed by atoms with Gasteiger partial charge in [-0.25, -0.2) is 4.79 Å². The molecule has 3 rings (SSSR count). The minimum atomic E-state index is -1.13. The SMILES string of the molecule is CCc1ccc(C(=O)O[C@H](C(=O)Nc2cccc(C(C)=O)c2)c2ccccc2)cc1. The fourth-order valence-corrected chi connectivity index (χ4v) is 2.98. The van der Waals surface area contributed by atoms with Crippen LogP contribution in [-0.2, 0) is 16.0 Å². The molecule has 3 aromatic carbocycles. The topological polar surface area (TPSA) is 72.5 Å². The van der Waals surface area contributed by atoms with Gasteiger partial charge in [-0.2, -0.15) is 0 Å². The van der Waals surface area contributed by atoms with Crippen molar-refractivity contribution in [3.05, 3.63) is 101 Å². The molecule has 30 heavy (non-hydrogen) atoms. The van der Waals surface area contributed by atoms with E-state index in [0.717, 1.165) is 12.0 Å². The summed E-state index contributed by atoms with van der Waals surface area (Å²) >= 11 is 0. The zero-order valence-corrected chi connectivity index (χ0v) is 16.9. The minimum absolute atomic E-state index is 0.104. The van der Waals surface area contributed by atoms with Crippen molar-refractivity contribution in [2.24, 2.45) is 0 Å². The van der Waals surface area contributed by atoms with E-state index in [1.54, 1.807) is 60.7 Å². The van der Waals surface area contributed by atoms with Crippen molar-refractivity contribution in [1.82, 2.24) is 0 Å². The largest absolute Gasteiger partial charge is 0.444 e. The van der Waals surface area contributed by atoms with Crippen molar-refractivity contribution in [2.45, 2.75) is 26.4 Å². The Morgan fingerprint density at radius 1 is 0.867 bits per heavy atom. The lowest BCUT2D eigenvalue weighted by atomic mass is 10.1. The number of anilines is 1. The summed E-state index contributed by atoms with van der Waals surface area (Å²) in [6, 6.07) is 22.6. The zero-order valence-electron chi connectivity index (χ0n) is 16.9. The predicted octanol–water partition coefficient (Wildman–Crippen LogP) is 4.99. The van der Waals surface area contributed by atoms with Crippen LogP contribution in [0.4, 0.5) is 5.69 Å². The molecule has 0 bridgehead atoms. The van der Waals surface area contributed by atoms with Crippen LogP contribution >= 0.6 is 0 Å². The molecular formula is C25H23NO4. The lowest BCUT2D eigenvalue weighted by molar-refractivity contribution is -0.125. The first kappa shape index (κ1) is 21.0. The van der Waals surface area contributed by atoms with Crippen molar-refractivity contribution in [3.8, 4) is 0 Å². The maximum atomic E-state index is 13.0. The molecule has 0 aliphatic heterocycles. The van der Waals surface area contributed by atoms with Gasteiger partial charge in [-0.3, -0.25) is 9.59 Å². The summed E-state index contributed by atoms with van der Waals surface area (Å²) in [4.78, 5) is 37.3. The summed E-state index contributed by atoms with van der Waals surface area (Å²) in [6.07, 6.45) is -0.269. The molecule has 0 heterocycles. The Hall–Kier alpha value is -3.73. The van der Waals surface area contributed by atoms with E-state index in [0.29, 0.717) is 22.4 Å². The van der Waals surface area contributed by atoms with Crippen LogP contribution in [0.25, 0.3) is 0 Å². The summed E-state index contributed by atoms with van der Waals surface area (Å²) in [7, 11) is 0. The minimum Gasteiger partial charge on any atom is -0.444 e. The Bertz CT molecular complexity index is 1040. The van der Waals surface area contributed by atoms with E-state index < -0.39 is 18.0 Å². The molecule has 0 saturated carbocycles. The second kappa shape index (κ2) is 9.65. The number of amides is 1. The number of Topliss-reactive ketones (excluding diaryl/α,β-unsaturated/α-hetero) is 1. The van der Waals surface area contributed by atoms with Crippen molar-refractivity contribution < 1.29 is 19.1 Å². The Kier molecular flexibility index (Phi) is 6.75. The number of nitrogens with one attached hydrogen (secondary N) is 1. The number of benzene rings is 3. The highest BCUT2D eigenvalue weighted by Crippen LogP contribution is 2.22. The van der Waals surface area contributed by atoms with Crippen molar-refractivity contribution >= 4 is 23.3 Å². The van der Waals surface area contributed by atoms with Gasteiger partial charge in [0.25, 0.3) is 5.91 Å². The Morgan fingerprint density at radius 2 is 1.57 bits per heavy atom. The van der Waals surface area contributed by atoms with E-state index in [1.165, 1.54) is 6.92 Å². The molecule has 0 aliphatic rings. The fourth-order valence-electron chi connectivity index (χ4n) is 2.98. The van der Waals surface area contributed by atoms with E-state index in [9.17, 15) is 14.4 Å². The molecule has 1 N–H and O–H groups in total. The lowest BCUT2D eigenvalue weighted by Crippen LogP contribution is -2.26. The highest BCUT2D eigenvalue weighted by atomic mass is 16.5. The molecule has 0 unspecified atom stereocenters. The molecule has 1 amide bonds. The van der Waals surface area contributed by atoms with Gasteiger partial charge in [0.2, 0.25) is 6.10 Å². The van der Waals surface area contributed by atoms with E-state index >= 15 is 0 Å². The van der Waals surface area contributed by atoms with E-state index in [1.807, 2.05) is 25.1 Å². The molecule has 0 fully saturated rings. The number of ether oxygens (including phenoxy) is 1. The Labute approximate surface area is 175 Å². The van der Waals surface area contributed by atoms with Crippen LogP contribution < -0.4 is 5.32 Å². The number of ketones is 1. The Morgan fingerprint density at radius 3 is 2.20 bits per heavy atom. The van der Waals surface area contributed by atoms with Gasteiger partial charge in [0.05, 0.1) is 5.56 Å². The van der Waals surface area contributed by atoms with Crippen LogP contribution in [0.15, 0.2) is 78.9 Å². The van der Waals surface area contributed by atoms with Gasteiger partial charge in [-0.15, -0.1) is 0 Å². The molecule has 5 heteroatoms.